The highest BCUT2D eigenvalue weighted by atomic mass is 16.5. The molecule has 76 valence electrons. The van der Waals surface area contributed by atoms with Gasteiger partial charge in [-0.2, -0.15) is 0 Å². The molecule has 0 bridgehead atoms. The number of hydrogen-bond donors (Lipinski definition) is 0. The van der Waals surface area contributed by atoms with Gasteiger partial charge in [0.2, 0.25) is 0 Å². The lowest BCUT2D eigenvalue weighted by atomic mass is 9.88. The van der Waals surface area contributed by atoms with Crippen LogP contribution in [0.4, 0.5) is 0 Å². The Morgan fingerprint density at radius 3 is 2.36 bits per heavy atom. The third-order valence-corrected chi connectivity index (χ3v) is 2.02. The lowest BCUT2D eigenvalue weighted by Crippen LogP contribution is -2.12. The van der Waals surface area contributed by atoms with Gasteiger partial charge in [0, 0.05) is 6.20 Å². The van der Waals surface area contributed by atoms with Crippen LogP contribution < -0.4 is 0 Å². The second kappa shape index (κ2) is 3.78. The molecule has 0 atom stereocenters. The summed E-state index contributed by atoms with van der Waals surface area (Å²) in [6, 6.07) is 3.59. The monoisotopic (exact) mass is 193 g/mol. The van der Waals surface area contributed by atoms with E-state index in [0.29, 0.717) is 5.69 Å². The van der Waals surface area contributed by atoms with Crippen molar-refractivity contribution in [3.8, 4) is 0 Å². The van der Waals surface area contributed by atoms with Crippen molar-refractivity contribution in [3.63, 3.8) is 0 Å². The van der Waals surface area contributed by atoms with Crippen LogP contribution in [-0.2, 0) is 10.2 Å². The van der Waals surface area contributed by atoms with Crippen molar-refractivity contribution in [1.29, 1.82) is 0 Å². The highest BCUT2D eigenvalue weighted by molar-refractivity contribution is 5.86. The third-order valence-electron chi connectivity index (χ3n) is 2.02. The summed E-state index contributed by atoms with van der Waals surface area (Å²) in [6.45, 7) is 6.30. The Morgan fingerprint density at radius 2 is 2.00 bits per heavy atom. The van der Waals surface area contributed by atoms with Crippen LogP contribution in [0.3, 0.4) is 0 Å². The molecule has 1 heterocycles. The van der Waals surface area contributed by atoms with E-state index in [4.69, 9.17) is 0 Å². The Morgan fingerprint density at radius 1 is 1.36 bits per heavy atom. The largest absolute Gasteiger partial charge is 0.464 e. The van der Waals surface area contributed by atoms with Gasteiger partial charge in [-0.05, 0) is 17.0 Å². The van der Waals surface area contributed by atoms with E-state index in [1.165, 1.54) is 7.11 Å². The van der Waals surface area contributed by atoms with Crippen LogP contribution in [0.5, 0.6) is 0 Å². The number of esters is 1. The maximum absolute atomic E-state index is 11.1. The van der Waals surface area contributed by atoms with Gasteiger partial charge in [0.25, 0.3) is 0 Å². The van der Waals surface area contributed by atoms with Crippen LogP contribution in [0, 0.1) is 0 Å². The molecule has 0 N–H and O–H groups in total. The van der Waals surface area contributed by atoms with E-state index in [9.17, 15) is 4.79 Å². The quantitative estimate of drug-likeness (QED) is 0.641. The van der Waals surface area contributed by atoms with E-state index >= 15 is 0 Å². The smallest absolute Gasteiger partial charge is 0.356 e. The maximum Gasteiger partial charge on any atom is 0.356 e. The fourth-order valence-corrected chi connectivity index (χ4v) is 1.06. The maximum atomic E-state index is 11.1. The van der Waals surface area contributed by atoms with Crippen molar-refractivity contribution in [2.24, 2.45) is 0 Å². The molecule has 0 fully saturated rings. The minimum atomic E-state index is -0.398. The van der Waals surface area contributed by atoms with Gasteiger partial charge in [-0.25, -0.2) is 9.78 Å². The molecule has 0 radical (unpaired) electrons. The topological polar surface area (TPSA) is 39.2 Å². The van der Waals surface area contributed by atoms with Crippen molar-refractivity contribution >= 4 is 5.97 Å². The number of rotatable bonds is 1. The summed E-state index contributed by atoms with van der Waals surface area (Å²) in [5.41, 5.74) is 1.51. The Kier molecular flexibility index (Phi) is 2.89. The highest BCUT2D eigenvalue weighted by Crippen LogP contribution is 2.20. The minimum absolute atomic E-state index is 0.0572. The molecular formula is C11H15NO2. The first-order valence-electron chi connectivity index (χ1n) is 4.50. The molecule has 0 amide bonds. The molecule has 1 rings (SSSR count). The summed E-state index contributed by atoms with van der Waals surface area (Å²) in [6.07, 6.45) is 1.71. The zero-order chi connectivity index (χ0) is 10.8. The Labute approximate surface area is 84.1 Å². The fourth-order valence-electron chi connectivity index (χ4n) is 1.06. The standard InChI is InChI=1S/C11H15NO2/c1-11(2,3)8-5-6-9(12-7-8)10(13)14-4/h5-7H,1-4H3. The van der Waals surface area contributed by atoms with E-state index in [1.807, 2.05) is 6.07 Å². The molecule has 0 saturated carbocycles. The highest BCUT2D eigenvalue weighted by Gasteiger charge is 2.15. The molecule has 3 nitrogen and oxygen atoms in total. The molecular weight excluding hydrogens is 178 g/mol. The first-order chi connectivity index (χ1) is 6.45. The lowest BCUT2D eigenvalue weighted by molar-refractivity contribution is 0.0594. The Hall–Kier alpha value is -1.38. The Balaban J connectivity index is 2.95. The van der Waals surface area contributed by atoms with Gasteiger partial charge in [0.05, 0.1) is 7.11 Å². The number of methoxy groups -OCH3 is 1. The minimum Gasteiger partial charge on any atom is -0.464 e. The average Bonchev–Trinajstić information content (AvgIpc) is 2.15. The van der Waals surface area contributed by atoms with Crippen LogP contribution in [0.1, 0.15) is 36.8 Å². The summed E-state index contributed by atoms with van der Waals surface area (Å²) in [5, 5.41) is 0. The summed E-state index contributed by atoms with van der Waals surface area (Å²) in [4.78, 5) is 15.1. The normalized spacial score (nSPS) is 11.1. The molecule has 0 aromatic carbocycles. The molecule has 0 aliphatic carbocycles. The zero-order valence-electron chi connectivity index (χ0n) is 9.00. The molecule has 1 aromatic rings. The number of hydrogen-bond acceptors (Lipinski definition) is 3. The van der Waals surface area contributed by atoms with Gasteiger partial charge in [-0.15, -0.1) is 0 Å². The number of pyridine rings is 1. The van der Waals surface area contributed by atoms with Crippen molar-refractivity contribution in [3.05, 3.63) is 29.6 Å². The number of ether oxygens (including phenoxy) is 1. The first-order valence-corrected chi connectivity index (χ1v) is 4.50. The molecule has 0 saturated heterocycles. The molecule has 0 unspecified atom stereocenters. The zero-order valence-corrected chi connectivity index (χ0v) is 9.00. The first kappa shape index (κ1) is 10.7. The molecule has 0 spiro atoms. The Bertz CT molecular complexity index is 322. The van der Waals surface area contributed by atoms with Gasteiger partial charge in [0.1, 0.15) is 5.69 Å². The third kappa shape index (κ3) is 2.31. The van der Waals surface area contributed by atoms with Crippen LogP contribution in [0.2, 0.25) is 0 Å². The molecule has 1 aromatic heterocycles. The molecule has 14 heavy (non-hydrogen) atoms. The summed E-state index contributed by atoms with van der Waals surface area (Å²) >= 11 is 0. The van der Waals surface area contributed by atoms with Gasteiger partial charge >= 0.3 is 5.97 Å². The van der Waals surface area contributed by atoms with E-state index in [0.717, 1.165) is 5.56 Å². The van der Waals surface area contributed by atoms with E-state index in [2.05, 4.69) is 30.5 Å². The van der Waals surface area contributed by atoms with E-state index in [-0.39, 0.29) is 5.41 Å². The molecule has 0 aliphatic rings. The number of nitrogens with zero attached hydrogens (tertiary/aromatic N) is 1. The van der Waals surface area contributed by atoms with Crippen LogP contribution in [0.15, 0.2) is 18.3 Å². The summed E-state index contributed by atoms with van der Waals surface area (Å²) < 4.78 is 4.56. The van der Waals surface area contributed by atoms with Crippen molar-refractivity contribution in [2.75, 3.05) is 7.11 Å². The predicted molar refractivity (Wildman–Crippen MR) is 54.3 cm³/mol. The van der Waals surface area contributed by atoms with Crippen LogP contribution in [0.25, 0.3) is 0 Å². The molecule has 3 heteroatoms. The molecule has 0 aliphatic heterocycles. The number of carbonyl (C=O) groups excluding carboxylic acids is 1. The van der Waals surface area contributed by atoms with E-state index in [1.54, 1.807) is 12.3 Å². The SMILES string of the molecule is COC(=O)c1ccc(C(C)(C)C)cn1. The lowest BCUT2D eigenvalue weighted by Gasteiger charge is -2.18. The summed E-state index contributed by atoms with van der Waals surface area (Å²) in [7, 11) is 1.35. The second-order valence-electron chi connectivity index (χ2n) is 4.17. The van der Waals surface area contributed by atoms with Gasteiger partial charge in [0.15, 0.2) is 0 Å². The van der Waals surface area contributed by atoms with Crippen LogP contribution in [-0.4, -0.2) is 18.1 Å². The number of aromatic nitrogens is 1. The summed E-state index contributed by atoms with van der Waals surface area (Å²) in [5.74, 6) is -0.398. The fraction of sp³-hybridized carbons (Fsp3) is 0.455. The second-order valence-corrected chi connectivity index (χ2v) is 4.17. The van der Waals surface area contributed by atoms with Crippen LogP contribution >= 0.6 is 0 Å². The van der Waals surface area contributed by atoms with Crippen molar-refractivity contribution in [2.45, 2.75) is 26.2 Å². The predicted octanol–water partition coefficient (Wildman–Crippen LogP) is 2.17. The van der Waals surface area contributed by atoms with Gasteiger partial charge in [-0.1, -0.05) is 26.8 Å². The average molecular weight is 193 g/mol. The van der Waals surface area contributed by atoms with Gasteiger partial charge < -0.3 is 4.74 Å². The van der Waals surface area contributed by atoms with E-state index < -0.39 is 5.97 Å². The van der Waals surface area contributed by atoms with Crippen molar-refractivity contribution < 1.29 is 9.53 Å². The van der Waals surface area contributed by atoms with Crippen molar-refractivity contribution in [1.82, 2.24) is 4.98 Å². The number of carbonyl (C=O) groups is 1. The van der Waals surface area contributed by atoms with Gasteiger partial charge in [-0.3, -0.25) is 0 Å².